The molecule has 37 heavy (non-hydrogen) atoms. The summed E-state index contributed by atoms with van der Waals surface area (Å²) in [5.41, 5.74) is 5.77. The molecule has 0 aliphatic heterocycles. The number of aromatic nitrogens is 2. The van der Waals surface area contributed by atoms with E-state index in [2.05, 4.69) is 83.3 Å². The second kappa shape index (κ2) is 9.51. The molecule has 7 atom stereocenters. The first-order valence-electron chi connectivity index (χ1n) is 15.1. The molecule has 0 N–H and O–H groups in total. The van der Waals surface area contributed by atoms with Gasteiger partial charge in [0.2, 0.25) is 0 Å². The highest BCUT2D eigenvalue weighted by molar-refractivity contribution is 5.65. The van der Waals surface area contributed by atoms with E-state index in [4.69, 9.17) is 9.97 Å². The number of hydrogen-bond donors (Lipinski definition) is 0. The van der Waals surface area contributed by atoms with Crippen LogP contribution in [0.3, 0.4) is 0 Å². The van der Waals surface area contributed by atoms with Crippen LogP contribution >= 0.6 is 0 Å². The van der Waals surface area contributed by atoms with Crippen LogP contribution < -0.4 is 0 Å². The molecule has 0 unspecified atom stereocenters. The lowest BCUT2D eigenvalue weighted by Crippen LogP contribution is -2.49. The summed E-state index contributed by atoms with van der Waals surface area (Å²) >= 11 is 0. The van der Waals surface area contributed by atoms with Gasteiger partial charge in [-0.05, 0) is 90.2 Å². The molecule has 1 aromatic carbocycles. The van der Waals surface area contributed by atoms with E-state index in [9.17, 15) is 0 Å². The van der Waals surface area contributed by atoms with Gasteiger partial charge in [0.05, 0.1) is 5.69 Å². The fourth-order valence-electron chi connectivity index (χ4n) is 9.25. The van der Waals surface area contributed by atoms with Gasteiger partial charge in [-0.1, -0.05) is 96.4 Å². The van der Waals surface area contributed by atoms with Crippen LogP contribution in [0.1, 0.15) is 90.8 Å². The molecule has 0 radical (unpaired) electrons. The van der Waals surface area contributed by atoms with E-state index in [1.807, 2.05) is 6.07 Å². The summed E-state index contributed by atoms with van der Waals surface area (Å²) in [7, 11) is 0. The van der Waals surface area contributed by atoms with Gasteiger partial charge in [0.25, 0.3) is 0 Å². The van der Waals surface area contributed by atoms with Gasteiger partial charge in [-0.2, -0.15) is 0 Å². The summed E-state index contributed by atoms with van der Waals surface area (Å²) in [6, 6.07) is 10.4. The van der Waals surface area contributed by atoms with Crippen molar-refractivity contribution in [3.8, 4) is 11.4 Å². The smallest absolute Gasteiger partial charge is 0.159 e. The third-order valence-corrected chi connectivity index (χ3v) is 11.3. The monoisotopic (exact) mass is 494 g/mol. The first-order valence-corrected chi connectivity index (χ1v) is 15.1. The summed E-state index contributed by atoms with van der Waals surface area (Å²) in [6.07, 6.45) is 20.6. The van der Waals surface area contributed by atoms with Crippen LogP contribution in [0.2, 0.25) is 0 Å². The van der Waals surface area contributed by atoms with E-state index in [0.717, 1.165) is 59.0 Å². The molecule has 0 saturated heterocycles. The summed E-state index contributed by atoms with van der Waals surface area (Å²) in [5, 5.41) is 0. The number of rotatable bonds is 6. The molecule has 4 aliphatic carbocycles. The van der Waals surface area contributed by atoms with Crippen LogP contribution in [-0.4, -0.2) is 9.97 Å². The van der Waals surface area contributed by atoms with Crippen molar-refractivity contribution in [3.63, 3.8) is 0 Å². The van der Waals surface area contributed by atoms with E-state index >= 15 is 0 Å². The molecule has 196 valence electrons. The molecule has 0 bridgehead atoms. The fraction of sp³-hybridized carbons (Fsp3) is 0.600. The highest BCUT2D eigenvalue weighted by Gasteiger charge is 2.58. The summed E-state index contributed by atoms with van der Waals surface area (Å²) in [4.78, 5) is 9.82. The van der Waals surface area contributed by atoms with Gasteiger partial charge in [-0.25, -0.2) is 9.97 Å². The van der Waals surface area contributed by atoms with Gasteiger partial charge >= 0.3 is 0 Å². The zero-order chi connectivity index (χ0) is 25.8. The molecule has 1 aromatic heterocycles. The molecule has 2 nitrogen and oxygen atoms in total. The highest BCUT2D eigenvalue weighted by Crippen LogP contribution is 2.66. The molecule has 4 aliphatic rings. The van der Waals surface area contributed by atoms with Crippen molar-refractivity contribution in [2.24, 2.45) is 46.3 Å². The Balaban J connectivity index is 1.25. The van der Waals surface area contributed by atoms with Crippen molar-refractivity contribution in [1.29, 1.82) is 0 Å². The second-order valence-corrected chi connectivity index (χ2v) is 13.8. The maximum atomic E-state index is 5.02. The molecule has 0 amide bonds. The predicted molar refractivity (Wildman–Crippen MR) is 155 cm³/mol. The Morgan fingerprint density at radius 1 is 0.973 bits per heavy atom. The quantitative estimate of drug-likeness (QED) is 0.400. The van der Waals surface area contributed by atoms with Crippen LogP contribution in [-0.2, 0) is 6.42 Å². The third kappa shape index (κ3) is 4.23. The largest absolute Gasteiger partial charge is 0.236 e. The Hall–Kier alpha value is -2.22. The van der Waals surface area contributed by atoms with Crippen LogP contribution in [0.4, 0.5) is 0 Å². The van der Waals surface area contributed by atoms with Crippen LogP contribution in [0.15, 0.2) is 54.3 Å². The normalized spacial score (nSPS) is 34.8. The lowest BCUT2D eigenvalue weighted by atomic mass is 9.48. The van der Waals surface area contributed by atoms with Crippen molar-refractivity contribution in [3.05, 3.63) is 65.5 Å². The van der Waals surface area contributed by atoms with Gasteiger partial charge in [0, 0.05) is 17.2 Å². The van der Waals surface area contributed by atoms with Gasteiger partial charge < -0.3 is 0 Å². The first-order chi connectivity index (χ1) is 17.8. The van der Waals surface area contributed by atoms with Crippen LogP contribution in [0, 0.1) is 46.3 Å². The number of benzene rings is 1. The Labute approximate surface area is 225 Å². The molecular formula is C35H46N2. The maximum Gasteiger partial charge on any atom is 0.159 e. The Morgan fingerprint density at radius 2 is 1.78 bits per heavy atom. The Kier molecular flexibility index (Phi) is 6.45. The van der Waals surface area contributed by atoms with E-state index in [0.29, 0.717) is 5.41 Å². The summed E-state index contributed by atoms with van der Waals surface area (Å²) < 4.78 is 0. The third-order valence-electron chi connectivity index (χ3n) is 11.3. The molecular weight excluding hydrogens is 448 g/mol. The summed E-state index contributed by atoms with van der Waals surface area (Å²) in [6.45, 7) is 12.6. The summed E-state index contributed by atoms with van der Waals surface area (Å²) in [5.74, 6) is 5.74. The molecule has 2 saturated carbocycles. The molecule has 6 rings (SSSR count). The van der Waals surface area contributed by atoms with E-state index < -0.39 is 0 Å². The average molecular weight is 495 g/mol. The van der Waals surface area contributed by atoms with Gasteiger partial charge in [0.15, 0.2) is 5.82 Å². The zero-order valence-electron chi connectivity index (χ0n) is 23.7. The van der Waals surface area contributed by atoms with Crippen molar-refractivity contribution in [1.82, 2.24) is 9.97 Å². The number of fused-ring (bicyclic) bond motifs is 6. The van der Waals surface area contributed by atoms with Gasteiger partial charge in [0.1, 0.15) is 0 Å². The second-order valence-electron chi connectivity index (χ2n) is 13.8. The van der Waals surface area contributed by atoms with E-state index in [-0.39, 0.29) is 5.41 Å². The van der Waals surface area contributed by atoms with Crippen molar-refractivity contribution in [2.75, 3.05) is 0 Å². The average Bonchev–Trinajstić information content (AvgIpc) is 3.24. The minimum atomic E-state index is 0.201. The topological polar surface area (TPSA) is 25.8 Å². The SMILES string of the molecule is CC(C)CCC[C@@H](C)[C@H]1CC[C@H]2[C@@H]3C=CC4=Cc5nc(-c6ccccc6)ncc5C[C@]4(C)[C@H]3CC[C@]12C. The Morgan fingerprint density at radius 3 is 2.57 bits per heavy atom. The molecule has 2 aromatic rings. The lowest BCUT2D eigenvalue weighted by molar-refractivity contribution is -0.0227. The minimum Gasteiger partial charge on any atom is -0.236 e. The minimum absolute atomic E-state index is 0.201. The standard InChI is InChI=1S/C35H46N2/c1-23(2)10-9-11-24(3)29-16-17-30-28-15-14-27-20-32-26(21-35(27,5)31(28)18-19-34(29,30)4)22-36-33(37-32)25-12-7-6-8-13-25/h6-8,12-15,20,22-24,28-31H,9-11,16-19,21H2,1-5H3/t24-,28+,29-,30+,31+,34-,35+/m1/s1. The van der Waals surface area contributed by atoms with Crippen molar-refractivity contribution in [2.45, 2.75) is 86.0 Å². The first kappa shape index (κ1) is 25.1. The fourth-order valence-corrected chi connectivity index (χ4v) is 9.25. The predicted octanol–water partition coefficient (Wildman–Crippen LogP) is 9.18. The van der Waals surface area contributed by atoms with Crippen LogP contribution in [0.25, 0.3) is 17.5 Å². The molecule has 1 heterocycles. The molecule has 0 spiro atoms. The van der Waals surface area contributed by atoms with E-state index in [1.165, 1.54) is 56.1 Å². The molecule has 2 heteroatoms. The van der Waals surface area contributed by atoms with Gasteiger partial charge in [-0.3, -0.25) is 0 Å². The number of allylic oxidation sites excluding steroid dienone is 3. The van der Waals surface area contributed by atoms with E-state index in [1.54, 1.807) is 0 Å². The van der Waals surface area contributed by atoms with Crippen molar-refractivity contribution < 1.29 is 0 Å². The zero-order valence-corrected chi connectivity index (χ0v) is 23.7. The maximum absolute atomic E-state index is 5.02. The Bertz CT molecular complexity index is 1190. The number of nitrogens with zero attached hydrogens (tertiary/aromatic N) is 2. The van der Waals surface area contributed by atoms with Crippen LogP contribution in [0.5, 0.6) is 0 Å². The lowest BCUT2D eigenvalue weighted by Gasteiger charge is -2.56. The highest BCUT2D eigenvalue weighted by atomic mass is 14.9. The van der Waals surface area contributed by atoms with Crippen molar-refractivity contribution >= 4 is 6.08 Å². The molecule has 2 fully saturated rings. The number of hydrogen-bond acceptors (Lipinski definition) is 2. The van der Waals surface area contributed by atoms with Gasteiger partial charge in [-0.15, -0.1) is 0 Å².